The SMILES string of the molecule is COC(=O)C(NCCCCCO)c1ccccc1O. The quantitative estimate of drug-likeness (QED) is 0.489. The highest BCUT2D eigenvalue weighted by Crippen LogP contribution is 2.24. The van der Waals surface area contributed by atoms with Crippen molar-refractivity contribution < 1.29 is 19.7 Å². The first-order valence-corrected chi connectivity index (χ1v) is 6.40. The predicted octanol–water partition coefficient (Wildman–Crippen LogP) is 1.36. The molecule has 1 atom stereocenters. The Morgan fingerprint density at radius 2 is 2.05 bits per heavy atom. The van der Waals surface area contributed by atoms with Gasteiger partial charge in [0.2, 0.25) is 0 Å². The highest BCUT2D eigenvalue weighted by atomic mass is 16.5. The lowest BCUT2D eigenvalue weighted by atomic mass is 10.1. The number of hydrogen-bond donors (Lipinski definition) is 3. The van der Waals surface area contributed by atoms with Crippen LogP contribution in [0.15, 0.2) is 24.3 Å². The number of aromatic hydroxyl groups is 1. The molecular formula is C14H21NO4. The van der Waals surface area contributed by atoms with E-state index in [0.29, 0.717) is 12.1 Å². The van der Waals surface area contributed by atoms with Gasteiger partial charge < -0.3 is 20.3 Å². The Hall–Kier alpha value is -1.59. The molecule has 19 heavy (non-hydrogen) atoms. The number of aliphatic hydroxyl groups excluding tert-OH is 1. The summed E-state index contributed by atoms with van der Waals surface area (Å²) in [5.41, 5.74) is 0.511. The van der Waals surface area contributed by atoms with Crippen LogP contribution in [0.1, 0.15) is 30.9 Å². The zero-order valence-corrected chi connectivity index (χ0v) is 11.1. The Balaban J connectivity index is 2.63. The van der Waals surface area contributed by atoms with E-state index in [-0.39, 0.29) is 12.4 Å². The fourth-order valence-electron chi connectivity index (χ4n) is 1.83. The number of esters is 1. The van der Waals surface area contributed by atoms with Crippen LogP contribution in [0.3, 0.4) is 0 Å². The third-order valence-electron chi connectivity index (χ3n) is 2.87. The second-order valence-electron chi connectivity index (χ2n) is 4.25. The second kappa shape index (κ2) is 8.50. The molecule has 0 aliphatic heterocycles. The maximum Gasteiger partial charge on any atom is 0.327 e. The summed E-state index contributed by atoms with van der Waals surface area (Å²) >= 11 is 0. The van der Waals surface area contributed by atoms with Gasteiger partial charge in [-0.25, -0.2) is 4.79 Å². The average molecular weight is 267 g/mol. The molecular weight excluding hydrogens is 246 g/mol. The van der Waals surface area contributed by atoms with Crippen LogP contribution in [-0.4, -0.2) is 36.4 Å². The zero-order valence-electron chi connectivity index (χ0n) is 11.1. The van der Waals surface area contributed by atoms with Crippen LogP contribution >= 0.6 is 0 Å². The topological polar surface area (TPSA) is 78.8 Å². The van der Waals surface area contributed by atoms with Gasteiger partial charge in [0.25, 0.3) is 0 Å². The lowest BCUT2D eigenvalue weighted by Crippen LogP contribution is -2.30. The minimum absolute atomic E-state index is 0.0701. The summed E-state index contributed by atoms with van der Waals surface area (Å²) < 4.78 is 4.75. The number of carbonyl (C=O) groups excluding carboxylic acids is 1. The van der Waals surface area contributed by atoms with Gasteiger partial charge >= 0.3 is 5.97 Å². The first-order chi connectivity index (χ1) is 9.20. The molecule has 0 saturated carbocycles. The molecule has 5 heteroatoms. The number of rotatable bonds is 8. The lowest BCUT2D eigenvalue weighted by molar-refractivity contribution is -0.143. The van der Waals surface area contributed by atoms with Crippen LogP contribution in [0.5, 0.6) is 5.75 Å². The number of aliphatic hydroxyl groups is 1. The van der Waals surface area contributed by atoms with Crippen LogP contribution in [0, 0.1) is 0 Å². The largest absolute Gasteiger partial charge is 0.508 e. The van der Waals surface area contributed by atoms with Gasteiger partial charge in [0.15, 0.2) is 0 Å². The molecule has 0 fully saturated rings. The molecule has 1 aromatic rings. The fraction of sp³-hybridized carbons (Fsp3) is 0.500. The predicted molar refractivity (Wildman–Crippen MR) is 71.8 cm³/mol. The van der Waals surface area contributed by atoms with Crippen molar-refractivity contribution in [3.05, 3.63) is 29.8 Å². The van der Waals surface area contributed by atoms with E-state index in [1.807, 2.05) is 0 Å². The Morgan fingerprint density at radius 3 is 2.68 bits per heavy atom. The van der Waals surface area contributed by atoms with Gasteiger partial charge in [-0.05, 0) is 31.9 Å². The number of phenols is 1. The summed E-state index contributed by atoms with van der Waals surface area (Å²) in [6.45, 7) is 0.800. The van der Waals surface area contributed by atoms with Crippen molar-refractivity contribution in [2.45, 2.75) is 25.3 Å². The Morgan fingerprint density at radius 1 is 1.32 bits per heavy atom. The van der Waals surface area contributed by atoms with E-state index in [4.69, 9.17) is 9.84 Å². The summed E-state index contributed by atoms with van der Waals surface area (Å²) in [7, 11) is 1.32. The second-order valence-corrected chi connectivity index (χ2v) is 4.25. The number of methoxy groups -OCH3 is 1. The minimum atomic E-state index is -0.666. The van der Waals surface area contributed by atoms with Crippen molar-refractivity contribution in [1.29, 1.82) is 0 Å². The summed E-state index contributed by atoms with van der Waals surface area (Å²) in [5.74, 6) is -0.357. The van der Waals surface area contributed by atoms with Gasteiger partial charge in [-0.2, -0.15) is 0 Å². The minimum Gasteiger partial charge on any atom is -0.508 e. The van der Waals surface area contributed by atoms with E-state index >= 15 is 0 Å². The van der Waals surface area contributed by atoms with Crippen molar-refractivity contribution in [1.82, 2.24) is 5.32 Å². The van der Waals surface area contributed by atoms with E-state index in [2.05, 4.69) is 5.32 Å². The van der Waals surface area contributed by atoms with Crippen molar-refractivity contribution >= 4 is 5.97 Å². The van der Waals surface area contributed by atoms with E-state index in [0.717, 1.165) is 19.3 Å². The smallest absolute Gasteiger partial charge is 0.327 e. The number of phenolic OH excluding ortho intramolecular Hbond substituents is 1. The van der Waals surface area contributed by atoms with E-state index in [9.17, 15) is 9.90 Å². The van der Waals surface area contributed by atoms with Crippen LogP contribution in [0.4, 0.5) is 0 Å². The monoisotopic (exact) mass is 267 g/mol. The highest BCUT2D eigenvalue weighted by molar-refractivity contribution is 5.78. The first kappa shape index (κ1) is 15.5. The van der Waals surface area contributed by atoms with Gasteiger partial charge in [-0.3, -0.25) is 0 Å². The molecule has 0 radical (unpaired) electrons. The molecule has 0 aliphatic rings. The molecule has 1 rings (SSSR count). The number of unbranched alkanes of at least 4 members (excludes halogenated alkanes) is 2. The number of para-hydroxylation sites is 1. The van der Waals surface area contributed by atoms with Crippen molar-refractivity contribution in [3.8, 4) is 5.75 Å². The molecule has 0 amide bonds. The Bertz CT molecular complexity index is 395. The maximum atomic E-state index is 11.7. The fourth-order valence-corrected chi connectivity index (χ4v) is 1.83. The third-order valence-corrected chi connectivity index (χ3v) is 2.87. The Labute approximate surface area is 113 Å². The average Bonchev–Trinajstić information content (AvgIpc) is 2.43. The number of hydrogen-bond acceptors (Lipinski definition) is 5. The summed E-state index contributed by atoms with van der Waals surface area (Å²) in [6, 6.07) is 6.03. The van der Waals surface area contributed by atoms with E-state index in [1.165, 1.54) is 7.11 Å². The van der Waals surface area contributed by atoms with E-state index < -0.39 is 12.0 Å². The molecule has 3 N–H and O–H groups in total. The molecule has 0 aromatic heterocycles. The number of ether oxygens (including phenoxy) is 1. The van der Waals surface area contributed by atoms with Crippen molar-refractivity contribution in [3.63, 3.8) is 0 Å². The third kappa shape index (κ3) is 4.89. The van der Waals surface area contributed by atoms with Gasteiger partial charge in [0.05, 0.1) is 7.11 Å². The van der Waals surface area contributed by atoms with Crippen LogP contribution < -0.4 is 5.32 Å². The molecule has 106 valence electrons. The molecule has 0 bridgehead atoms. The lowest BCUT2D eigenvalue weighted by Gasteiger charge is -2.17. The molecule has 0 spiro atoms. The normalized spacial score (nSPS) is 12.1. The first-order valence-electron chi connectivity index (χ1n) is 6.40. The standard InChI is InChI=1S/C14H21NO4/c1-19-14(18)13(15-9-5-2-6-10-16)11-7-3-4-8-12(11)17/h3-4,7-8,13,15-17H,2,5-6,9-10H2,1H3. The van der Waals surface area contributed by atoms with Gasteiger partial charge in [0, 0.05) is 12.2 Å². The molecule has 0 aliphatic carbocycles. The number of benzene rings is 1. The Kier molecular flexibility index (Phi) is 6.92. The van der Waals surface area contributed by atoms with Crippen LogP contribution in [0.2, 0.25) is 0 Å². The highest BCUT2D eigenvalue weighted by Gasteiger charge is 2.23. The molecule has 5 nitrogen and oxygen atoms in total. The van der Waals surface area contributed by atoms with Crippen molar-refractivity contribution in [2.75, 3.05) is 20.3 Å². The molecule has 1 aromatic carbocycles. The van der Waals surface area contributed by atoms with Crippen molar-refractivity contribution in [2.24, 2.45) is 0 Å². The summed E-state index contributed by atoms with van der Waals surface area (Å²) in [5, 5.41) is 21.5. The zero-order chi connectivity index (χ0) is 14.1. The molecule has 0 heterocycles. The molecule has 1 unspecified atom stereocenters. The number of carbonyl (C=O) groups is 1. The van der Waals surface area contributed by atoms with Gasteiger partial charge in [-0.1, -0.05) is 18.2 Å². The van der Waals surface area contributed by atoms with Gasteiger partial charge in [-0.15, -0.1) is 0 Å². The maximum absolute atomic E-state index is 11.7. The van der Waals surface area contributed by atoms with Crippen LogP contribution in [-0.2, 0) is 9.53 Å². The molecule has 0 saturated heterocycles. The van der Waals surface area contributed by atoms with Gasteiger partial charge in [0.1, 0.15) is 11.8 Å². The number of nitrogens with one attached hydrogen (secondary N) is 1. The van der Waals surface area contributed by atoms with E-state index in [1.54, 1.807) is 24.3 Å². The van der Waals surface area contributed by atoms with Crippen LogP contribution in [0.25, 0.3) is 0 Å². The summed E-state index contributed by atoms with van der Waals surface area (Å²) in [6.07, 6.45) is 2.49. The summed E-state index contributed by atoms with van der Waals surface area (Å²) in [4.78, 5) is 11.7.